The fourth-order valence-electron chi connectivity index (χ4n) is 1.34. The van der Waals surface area contributed by atoms with Gasteiger partial charge in [0.05, 0.1) is 16.3 Å². The first-order valence-corrected chi connectivity index (χ1v) is 5.69. The molecule has 84 valence electrons. The molecule has 4 heteroatoms. The molecule has 0 atom stereocenters. The number of aromatic nitrogens is 2. The van der Waals surface area contributed by atoms with Gasteiger partial charge in [-0.25, -0.2) is 4.98 Å². The zero-order valence-electron chi connectivity index (χ0n) is 9.66. The Hall–Kier alpha value is -1.53. The molecule has 2 rings (SSSR count). The van der Waals surface area contributed by atoms with Crippen LogP contribution in [0, 0.1) is 11.3 Å². The van der Waals surface area contributed by atoms with Gasteiger partial charge >= 0.3 is 0 Å². The molecule has 2 aromatic rings. The Morgan fingerprint density at radius 2 is 2.12 bits per heavy atom. The summed E-state index contributed by atoms with van der Waals surface area (Å²) in [7, 11) is 0. The fourth-order valence-corrected chi connectivity index (χ4v) is 1.60. The van der Waals surface area contributed by atoms with Gasteiger partial charge in [0.25, 0.3) is 0 Å². The van der Waals surface area contributed by atoms with E-state index in [0.717, 1.165) is 12.1 Å². The zero-order valence-corrected chi connectivity index (χ0v) is 10.4. The molecule has 16 heavy (non-hydrogen) atoms. The maximum absolute atomic E-state index is 8.74. The van der Waals surface area contributed by atoms with Crippen LogP contribution >= 0.6 is 11.6 Å². The summed E-state index contributed by atoms with van der Waals surface area (Å²) in [6.45, 7) is 6.03. The lowest BCUT2D eigenvalue weighted by atomic mass is 10.3. The topological polar surface area (TPSA) is 41.1 Å². The minimum absolute atomic E-state index is 0.517. The van der Waals surface area contributed by atoms with Gasteiger partial charge < -0.3 is 4.40 Å². The van der Waals surface area contributed by atoms with Gasteiger partial charge in [0.1, 0.15) is 6.07 Å². The van der Waals surface area contributed by atoms with Crippen LogP contribution in [0.2, 0.25) is 5.02 Å². The number of hydrogen-bond donors (Lipinski definition) is 0. The summed E-state index contributed by atoms with van der Waals surface area (Å²) < 4.78 is 1.79. The molecule has 0 saturated carbocycles. The quantitative estimate of drug-likeness (QED) is 0.760. The summed E-state index contributed by atoms with van der Waals surface area (Å²) >= 11 is 5.98. The summed E-state index contributed by atoms with van der Waals surface area (Å²) in [5, 5.41) is 9.26. The second-order valence-corrected chi connectivity index (χ2v) is 3.41. The summed E-state index contributed by atoms with van der Waals surface area (Å²) in [6, 6.07) is 3.68. The van der Waals surface area contributed by atoms with Crippen LogP contribution in [0.4, 0.5) is 0 Å². The Bertz CT molecular complexity index is 523. The highest BCUT2D eigenvalue weighted by atomic mass is 35.5. The summed E-state index contributed by atoms with van der Waals surface area (Å²) in [4.78, 5) is 4.33. The highest BCUT2D eigenvalue weighted by Gasteiger charge is 2.05. The predicted molar refractivity (Wildman–Crippen MR) is 65.6 cm³/mol. The van der Waals surface area contributed by atoms with Crippen LogP contribution in [-0.2, 0) is 6.42 Å². The van der Waals surface area contributed by atoms with Crippen LogP contribution in [-0.4, -0.2) is 9.38 Å². The van der Waals surface area contributed by atoms with E-state index in [9.17, 15) is 0 Å². The Morgan fingerprint density at radius 1 is 1.44 bits per heavy atom. The molecule has 0 spiro atoms. The van der Waals surface area contributed by atoms with Crippen molar-refractivity contribution in [2.24, 2.45) is 0 Å². The average molecular weight is 236 g/mol. The third-order valence-corrected chi connectivity index (χ3v) is 2.33. The molecule has 2 aromatic heterocycles. The predicted octanol–water partition coefficient (Wildman–Crippen LogP) is 3.45. The van der Waals surface area contributed by atoms with Crippen molar-refractivity contribution >= 4 is 17.2 Å². The van der Waals surface area contributed by atoms with E-state index >= 15 is 0 Å². The molecule has 0 N–H and O–H groups in total. The molecule has 0 fully saturated rings. The van der Waals surface area contributed by atoms with Crippen molar-refractivity contribution in [1.82, 2.24) is 9.38 Å². The molecule has 3 nitrogen and oxygen atoms in total. The normalized spacial score (nSPS) is 9.44. The number of nitriles is 1. The number of halogens is 1. The first kappa shape index (κ1) is 12.5. The second kappa shape index (κ2) is 5.53. The van der Waals surface area contributed by atoms with E-state index in [1.165, 1.54) is 0 Å². The van der Waals surface area contributed by atoms with E-state index in [1.54, 1.807) is 16.7 Å². The monoisotopic (exact) mass is 235 g/mol. The number of aryl methyl sites for hydroxylation is 1. The van der Waals surface area contributed by atoms with E-state index < -0.39 is 0 Å². The summed E-state index contributed by atoms with van der Waals surface area (Å²) in [6.07, 6.45) is 4.48. The van der Waals surface area contributed by atoms with Crippen molar-refractivity contribution in [2.75, 3.05) is 0 Å². The van der Waals surface area contributed by atoms with Crippen LogP contribution in [0.15, 0.2) is 18.5 Å². The first-order chi connectivity index (χ1) is 7.74. The van der Waals surface area contributed by atoms with Gasteiger partial charge in [0.15, 0.2) is 5.65 Å². The molecule has 0 aliphatic rings. The largest absolute Gasteiger partial charge is 0.304 e. The molecule has 0 saturated heterocycles. The second-order valence-electron chi connectivity index (χ2n) is 3.01. The van der Waals surface area contributed by atoms with Gasteiger partial charge in [0, 0.05) is 12.4 Å². The van der Waals surface area contributed by atoms with E-state index in [4.69, 9.17) is 16.9 Å². The van der Waals surface area contributed by atoms with Crippen LogP contribution < -0.4 is 0 Å². The van der Waals surface area contributed by atoms with Crippen LogP contribution in [0.5, 0.6) is 0 Å². The Balaban J connectivity index is 0.000000606. The number of hydrogen-bond acceptors (Lipinski definition) is 2. The van der Waals surface area contributed by atoms with Crippen molar-refractivity contribution in [2.45, 2.75) is 27.2 Å². The fraction of sp³-hybridized carbons (Fsp3) is 0.333. The van der Waals surface area contributed by atoms with E-state index in [-0.39, 0.29) is 0 Å². The van der Waals surface area contributed by atoms with Gasteiger partial charge in [-0.05, 0) is 12.5 Å². The van der Waals surface area contributed by atoms with Gasteiger partial charge in [-0.1, -0.05) is 32.4 Å². The molecular weight excluding hydrogens is 222 g/mol. The summed E-state index contributed by atoms with van der Waals surface area (Å²) in [5.74, 6) is 0. The summed E-state index contributed by atoms with van der Waals surface area (Å²) in [5.41, 5.74) is 2.23. The highest BCUT2D eigenvalue weighted by Crippen LogP contribution is 2.18. The highest BCUT2D eigenvalue weighted by molar-refractivity contribution is 6.33. The smallest absolute Gasteiger partial charge is 0.155 e. The lowest BCUT2D eigenvalue weighted by Crippen LogP contribution is -1.86. The SMILES string of the molecule is CC.CCc1cn2cc(C#N)cc(Cl)c2n1. The average Bonchev–Trinajstić information content (AvgIpc) is 2.75. The van der Waals surface area contributed by atoms with Gasteiger partial charge in [0.2, 0.25) is 0 Å². The number of fused-ring (bicyclic) bond motifs is 1. The molecule has 0 aliphatic carbocycles. The minimum atomic E-state index is 0.517. The minimum Gasteiger partial charge on any atom is -0.304 e. The molecular formula is C12H14ClN3. The molecule has 0 unspecified atom stereocenters. The molecule has 0 amide bonds. The Kier molecular flexibility index (Phi) is 4.33. The molecule has 2 heterocycles. The van der Waals surface area contributed by atoms with Crippen molar-refractivity contribution < 1.29 is 0 Å². The van der Waals surface area contributed by atoms with Gasteiger partial charge in [-0.15, -0.1) is 0 Å². The third-order valence-electron chi connectivity index (χ3n) is 2.05. The maximum atomic E-state index is 8.74. The number of rotatable bonds is 1. The van der Waals surface area contributed by atoms with Crippen LogP contribution in [0.25, 0.3) is 5.65 Å². The van der Waals surface area contributed by atoms with Gasteiger partial charge in [-0.3, -0.25) is 0 Å². The Morgan fingerprint density at radius 3 is 2.69 bits per heavy atom. The number of imidazole rings is 1. The molecule has 0 radical (unpaired) electrons. The molecule has 0 aliphatic heterocycles. The van der Waals surface area contributed by atoms with E-state index in [2.05, 4.69) is 11.1 Å². The first-order valence-electron chi connectivity index (χ1n) is 5.32. The Labute approximate surface area is 100 Å². The molecule has 0 aromatic carbocycles. The van der Waals surface area contributed by atoms with Crippen LogP contribution in [0.3, 0.4) is 0 Å². The van der Waals surface area contributed by atoms with Crippen LogP contribution in [0.1, 0.15) is 32.0 Å². The van der Waals surface area contributed by atoms with Crippen molar-refractivity contribution in [3.8, 4) is 6.07 Å². The standard InChI is InChI=1S/C10H8ClN3.C2H6/c1-2-8-6-14-5-7(4-12)3-9(11)10(14)13-8;1-2/h3,5-6H,2H2,1H3;1-2H3. The lowest BCUT2D eigenvalue weighted by Gasteiger charge is -1.95. The third kappa shape index (κ3) is 2.34. The van der Waals surface area contributed by atoms with Crippen molar-refractivity contribution in [1.29, 1.82) is 5.26 Å². The van der Waals surface area contributed by atoms with E-state index in [1.807, 2.05) is 27.0 Å². The maximum Gasteiger partial charge on any atom is 0.155 e. The number of nitrogens with zero attached hydrogens (tertiary/aromatic N) is 3. The van der Waals surface area contributed by atoms with Crippen molar-refractivity contribution in [3.63, 3.8) is 0 Å². The number of pyridine rings is 1. The lowest BCUT2D eigenvalue weighted by molar-refractivity contribution is 1.07. The van der Waals surface area contributed by atoms with Crippen molar-refractivity contribution in [3.05, 3.63) is 34.7 Å². The van der Waals surface area contributed by atoms with E-state index in [0.29, 0.717) is 16.2 Å². The molecule has 0 bridgehead atoms. The van der Waals surface area contributed by atoms with Gasteiger partial charge in [-0.2, -0.15) is 5.26 Å². The zero-order chi connectivity index (χ0) is 12.1.